The molecule has 15 heavy (non-hydrogen) atoms. The van der Waals surface area contributed by atoms with Gasteiger partial charge in [0.2, 0.25) is 5.91 Å². The largest absolute Gasteiger partial charge is 0.479 e. The van der Waals surface area contributed by atoms with Crippen LogP contribution in [0.5, 0.6) is 0 Å². The lowest BCUT2D eigenvalue weighted by Crippen LogP contribution is -2.41. The van der Waals surface area contributed by atoms with Crippen LogP contribution in [0, 0.1) is 0 Å². The van der Waals surface area contributed by atoms with Gasteiger partial charge in [0.05, 0.1) is 6.04 Å². The van der Waals surface area contributed by atoms with E-state index in [1.54, 1.807) is 0 Å². The zero-order valence-electron chi connectivity index (χ0n) is 8.77. The van der Waals surface area contributed by atoms with Crippen molar-refractivity contribution in [2.75, 3.05) is 6.54 Å². The number of amides is 1. The van der Waals surface area contributed by atoms with Crippen molar-refractivity contribution in [2.45, 2.75) is 38.3 Å². The standard InChI is InChI=1S/C9H18N2O4/c1-2-3-6(10)8(13)11-5-4-7(12)9(14)15/h6-7,12H,2-5,10H2,1H3,(H,11,13)(H,14,15)/t6?,7-/m0/s1. The molecule has 5 N–H and O–H groups in total. The second-order valence-corrected chi connectivity index (χ2v) is 3.33. The molecular formula is C9H18N2O4. The molecule has 6 heteroatoms. The zero-order chi connectivity index (χ0) is 11.8. The molecule has 0 fully saturated rings. The molecule has 0 bridgehead atoms. The molecule has 0 aliphatic carbocycles. The van der Waals surface area contributed by atoms with Crippen LogP contribution in [0.1, 0.15) is 26.2 Å². The van der Waals surface area contributed by atoms with Gasteiger partial charge in [-0.3, -0.25) is 4.79 Å². The molecule has 6 nitrogen and oxygen atoms in total. The lowest BCUT2D eigenvalue weighted by atomic mass is 10.1. The molecule has 0 radical (unpaired) electrons. The molecule has 0 aromatic rings. The van der Waals surface area contributed by atoms with Crippen molar-refractivity contribution in [1.29, 1.82) is 0 Å². The number of hydrogen-bond acceptors (Lipinski definition) is 4. The number of aliphatic carboxylic acids is 1. The van der Waals surface area contributed by atoms with Crippen LogP contribution in [0.3, 0.4) is 0 Å². The Labute approximate surface area is 88.5 Å². The number of carboxylic acids is 1. The van der Waals surface area contributed by atoms with Gasteiger partial charge in [0, 0.05) is 13.0 Å². The number of nitrogens with one attached hydrogen (secondary N) is 1. The molecule has 0 aromatic heterocycles. The van der Waals surface area contributed by atoms with Gasteiger partial charge in [-0.1, -0.05) is 13.3 Å². The summed E-state index contributed by atoms with van der Waals surface area (Å²) in [4.78, 5) is 21.4. The first-order valence-electron chi connectivity index (χ1n) is 4.93. The Morgan fingerprint density at radius 1 is 1.40 bits per heavy atom. The molecule has 88 valence electrons. The fraction of sp³-hybridized carbons (Fsp3) is 0.778. The molecule has 0 heterocycles. The maximum atomic E-state index is 11.2. The second kappa shape index (κ2) is 7.19. The Morgan fingerprint density at radius 3 is 2.47 bits per heavy atom. The average molecular weight is 218 g/mol. The van der Waals surface area contributed by atoms with Crippen molar-refractivity contribution >= 4 is 11.9 Å². The molecule has 0 aliphatic heterocycles. The topological polar surface area (TPSA) is 113 Å². The monoisotopic (exact) mass is 218 g/mol. The van der Waals surface area contributed by atoms with E-state index in [0.29, 0.717) is 6.42 Å². The van der Waals surface area contributed by atoms with Crippen molar-refractivity contribution < 1.29 is 19.8 Å². The number of aliphatic hydroxyl groups is 1. The van der Waals surface area contributed by atoms with E-state index in [9.17, 15) is 9.59 Å². The second-order valence-electron chi connectivity index (χ2n) is 3.33. The number of carbonyl (C=O) groups excluding carboxylic acids is 1. The first-order valence-corrected chi connectivity index (χ1v) is 4.93. The number of carbonyl (C=O) groups is 2. The van der Waals surface area contributed by atoms with Gasteiger partial charge in [-0.05, 0) is 6.42 Å². The van der Waals surface area contributed by atoms with Gasteiger partial charge in [0.1, 0.15) is 0 Å². The normalized spacial score (nSPS) is 14.3. The highest BCUT2D eigenvalue weighted by atomic mass is 16.4. The van der Waals surface area contributed by atoms with Gasteiger partial charge in [-0.15, -0.1) is 0 Å². The third-order valence-electron chi connectivity index (χ3n) is 1.94. The summed E-state index contributed by atoms with van der Waals surface area (Å²) in [5.74, 6) is -1.60. The van der Waals surface area contributed by atoms with E-state index in [0.717, 1.165) is 6.42 Å². The molecule has 1 unspecified atom stereocenters. The van der Waals surface area contributed by atoms with E-state index in [2.05, 4.69) is 5.32 Å². The third-order valence-corrected chi connectivity index (χ3v) is 1.94. The van der Waals surface area contributed by atoms with Crippen LogP contribution >= 0.6 is 0 Å². The average Bonchev–Trinajstić information content (AvgIpc) is 2.17. The number of rotatable bonds is 7. The zero-order valence-corrected chi connectivity index (χ0v) is 8.77. The van der Waals surface area contributed by atoms with Gasteiger partial charge < -0.3 is 21.3 Å². The molecule has 0 saturated carbocycles. The van der Waals surface area contributed by atoms with Crippen molar-refractivity contribution in [1.82, 2.24) is 5.32 Å². The van der Waals surface area contributed by atoms with E-state index < -0.39 is 18.1 Å². The SMILES string of the molecule is CCCC(N)C(=O)NCC[C@H](O)C(=O)O. The van der Waals surface area contributed by atoms with Crippen LogP contribution < -0.4 is 11.1 Å². The molecule has 0 rings (SSSR count). The van der Waals surface area contributed by atoms with Crippen molar-refractivity contribution in [3.63, 3.8) is 0 Å². The van der Waals surface area contributed by atoms with Gasteiger partial charge in [0.15, 0.2) is 6.10 Å². The highest BCUT2D eigenvalue weighted by Gasteiger charge is 2.15. The van der Waals surface area contributed by atoms with Crippen LogP contribution in [-0.4, -0.2) is 40.8 Å². The van der Waals surface area contributed by atoms with Crippen LogP contribution in [0.15, 0.2) is 0 Å². The Morgan fingerprint density at radius 2 is 2.00 bits per heavy atom. The molecule has 0 saturated heterocycles. The smallest absolute Gasteiger partial charge is 0.332 e. The maximum Gasteiger partial charge on any atom is 0.332 e. The quantitative estimate of drug-likeness (QED) is 0.441. The van der Waals surface area contributed by atoms with Crippen LogP contribution in [0.25, 0.3) is 0 Å². The summed E-state index contributed by atoms with van der Waals surface area (Å²) in [5.41, 5.74) is 5.51. The van der Waals surface area contributed by atoms with Crippen LogP contribution in [0.4, 0.5) is 0 Å². The molecular weight excluding hydrogens is 200 g/mol. The lowest BCUT2D eigenvalue weighted by molar-refractivity contribution is -0.147. The summed E-state index contributed by atoms with van der Waals surface area (Å²) < 4.78 is 0. The van der Waals surface area contributed by atoms with Gasteiger partial charge in [0.25, 0.3) is 0 Å². The number of nitrogens with two attached hydrogens (primary N) is 1. The molecule has 0 spiro atoms. The van der Waals surface area contributed by atoms with E-state index in [-0.39, 0.29) is 18.9 Å². The minimum atomic E-state index is -1.44. The van der Waals surface area contributed by atoms with Gasteiger partial charge >= 0.3 is 5.97 Å². The Balaban J connectivity index is 3.67. The summed E-state index contributed by atoms with van der Waals surface area (Å²) in [6.07, 6.45) is -0.0488. The summed E-state index contributed by atoms with van der Waals surface area (Å²) in [6.45, 7) is 2.03. The summed E-state index contributed by atoms with van der Waals surface area (Å²) in [6, 6.07) is -0.558. The first-order chi connectivity index (χ1) is 6.99. The lowest BCUT2D eigenvalue weighted by Gasteiger charge is -2.11. The summed E-state index contributed by atoms with van der Waals surface area (Å²) in [7, 11) is 0. The summed E-state index contributed by atoms with van der Waals surface area (Å²) >= 11 is 0. The minimum absolute atomic E-state index is 0.0140. The predicted molar refractivity (Wildman–Crippen MR) is 54.2 cm³/mol. The molecule has 2 atom stereocenters. The highest BCUT2D eigenvalue weighted by molar-refractivity contribution is 5.81. The molecule has 1 amide bonds. The maximum absolute atomic E-state index is 11.2. The predicted octanol–water partition coefficient (Wildman–Crippen LogP) is -0.934. The minimum Gasteiger partial charge on any atom is -0.479 e. The van der Waals surface area contributed by atoms with E-state index in [4.69, 9.17) is 15.9 Å². The van der Waals surface area contributed by atoms with Crippen molar-refractivity contribution in [3.8, 4) is 0 Å². The highest BCUT2D eigenvalue weighted by Crippen LogP contribution is 1.94. The van der Waals surface area contributed by atoms with Gasteiger partial charge in [-0.25, -0.2) is 4.79 Å². The molecule has 0 aromatic carbocycles. The van der Waals surface area contributed by atoms with E-state index >= 15 is 0 Å². The van der Waals surface area contributed by atoms with Crippen LogP contribution in [0.2, 0.25) is 0 Å². The van der Waals surface area contributed by atoms with Crippen LogP contribution in [-0.2, 0) is 9.59 Å². The Bertz CT molecular complexity index is 220. The van der Waals surface area contributed by atoms with E-state index in [1.165, 1.54) is 0 Å². The number of aliphatic hydroxyl groups excluding tert-OH is 1. The Kier molecular flexibility index (Phi) is 6.64. The third kappa shape index (κ3) is 6.03. The first kappa shape index (κ1) is 13.9. The van der Waals surface area contributed by atoms with Crippen molar-refractivity contribution in [3.05, 3.63) is 0 Å². The van der Waals surface area contributed by atoms with Gasteiger partial charge in [-0.2, -0.15) is 0 Å². The Hall–Kier alpha value is -1.14. The summed E-state index contributed by atoms with van der Waals surface area (Å²) in [5, 5.41) is 19.7. The van der Waals surface area contributed by atoms with E-state index in [1.807, 2.05) is 6.92 Å². The fourth-order valence-electron chi connectivity index (χ4n) is 1.03. The number of hydrogen-bond donors (Lipinski definition) is 4. The fourth-order valence-corrected chi connectivity index (χ4v) is 1.03. The molecule has 0 aliphatic rings. The number of carboxylic acid groups (broad SMARTS) is 1. The van der Waals surface area contributed by atoms with Crippen molar-refractivity contribution in [2.24, 2.45) is 5.73 Å².